The highest BCUT2D eigenvalue weighted by molar-refractivity contribution is 7.89. The average molecular weight is 435 g/mol. The largest absolute Gasteiger partial charge is 0.573 e. The van der Waals surface area contributed by atoms with Crippen LogP contribution in [0.15, 0.2) is 40.7 Å². The molecule has 0 spiro atoms. The molecule has 1 aliphatic rings. The number of thiazole rings is 1. The second-order valence-corrected chi connectivity index (χ2v) is 8.82. The van der Waals surface area contributed by atoms with Crippen LogP contribution in [0.25, 0.3) is 0 Å². The van der Waals surface area contributed by atoms with Crippen molar-refractivity contribution in [2.24, 2.45) is 5.92 Å². The lowest BCUT2D eigenvalue weighted by Gasteiger charge is -2.31. The molecule has 152 valence electrons. The Labute approximate surface area is 163 Å². The molecule has 12 heteroatoms. The van der Waals surface area contributed by atoms with Gasteiger partial charge in [0.2, 0.25) is 15.9 Å². The summed E-state index contributed by atoms with van der Waals surface area (Å²) in [6.07, 6.45) is -2.64. The van der Waals surface area contributed by atoms with Gasteiger partial charge < -0.3 is 10.1 Å². The van der Waals surface area contributed by atoms with Gasteiger partial charge in [0.15, 0.2) is 5.13 Å². The number of hydrogen-bond donors (Lipinski definition) is 1. The molecular weight excluding hydrogens is 419 g/mol. The maximum Gasteiger partial charge on any atom is 0.573 e. The number of anilines is 1. The maximum atomic E-state index is 12.9. The Kier molecular flexibility index (Phi) is 5.91. The van der Waals surface area contributed by atoms with Crippen molar-refractivity contribution in [1.82, 2.24) is 9.29 Å². The first-order valence-electron chi connectivity index (χ1n) is 8.22. The molecule has 0 radical (unpaired) electrons. The highest BCUT2D eigenvalue weighted by atomic mass is 32.2. The zero-order valence-corrected chi connectivity index (χ0v) is 16.0. The molecule has 1 aromatic carbocycles. The number of nitrogens with one attached hydrogen (secondary N) is 1. The fourth-order valence-electron chi connectivity index (χ4n) is 2.88. The van der Waals surface area contributed by atoms with E-state index in [0.717, 1.165) is 16.4 Å². The molecule has 0 saturated carbocycles. The van der Waals surface area contributed by atoms with E-state index in [1.807, 2.05) is 0 Å². The predicted molar refractivity (Wildman–Crippen MR) is 95.4 cm³/mol. The van der Waals surface area contributed by atoms with Crippen LogP contribution in [0.2, 0.25) is 0 Å². The lowest BCUT2D eigenvalue weighted by Crippen LogP contribution is -2.43. The van der Waals surface area contributed by atoms with Crippen molar-refractivity contribution in [2.45, 2.75) is 24.1 Å². The zero-order chi connectivity index (χ0) is 20.4. The molecule has 3 rings (SSSR count). The van der Waals surface area contributed by atoms with Gasteiger partial charge in [0.1, 0.15) is 10.6 Å². The molecule has 1 saturated heterocycles. The number of hydrogen-bond acceptors (Lipinski definition) is 6. The summed E-state index contributed by atoms with van der Waals surface area (Å²) >= 11 is 1.23. The lowest BCUT2D eigenvalue weighted by molar-refractivity contribution is -0.275. The van der Waals surface area contributed by atoms with Crippen LogP contribution < -0.4 is 10.1 Å². The minimum absolute atomic E-state index is 0.101. The van der Waals surface area contributed by atoms with Gasteiger partial charge in [-0.2, -0.15) is 4.31 Å². The number of para-hydroxylation sites is 1. The number of halogens is 3. The first-order chi connectivity index (χ1) is 13.2. The van der Waals surface area contributed by atoms with Crippen LogP contribution >= 0.6 is 11.3 Å². The molecule has 1 aliphatic heterocycles. The van der Waals surface area contributed by atoms with E-state index in [1.165, 1.54) is 29.7 Å². The fourth-order valence-corrected chi connectivity index (χ4v) is 5.05. The standard InChI is InChI=1S/C16H16F3N3O4S2/c17-16(18,19)26-12-5-1-2-6-13(12)28(24,25)22-8-3-4-11(10-22)14(23)21-15-20-7-9-27-15/h1-2,5-7,9,11H,3-4,8,10H2,(H,20,21,23). The van der Waals surface area contributed by atoms with Gasteiger partial charge in [-0.05, 0) is 25.0 Å². The minimum atomic E-state index is -5.02. The number of piperidine rings is 1. The Balaban J connectivity index is 1.79. The van der Waals surface area contributed by atoms with Crippen LogP contribution in [0.3, 0.4) is 0 Å². The SMILES string of the molecule is O=C(Nc1nccs1)C1CCCN(S(=O)(=O)c2ccccc2OC(F)(F)F)C1. The Hall–Kier alpha value is -2.18. The van der Waals surface area contributed by atoms with Crippen molar-refractivity contribution in [3.05, 3.63) is 35.8 Å². The van der Waals surface area contributed by atoms with Crippen molar-refractivity contribution in [1.29, 1.82) is 0 Å². The Morgan fingerprint density at radius 2 is 2.07 bits per heavy atom. The highest BCUT2D eigenvalue weighted by Crippen LogP contribution is 2.33. The number of carbonyl (C=O) groups is 1. The third kappa shape index (κ3) is 4.80. The van der Waals surface area contributed by atoms with E-state index < -0.39 is 32.9 Å². The summed E-state index contributed by atoms with van der Waals surface area (Å²) in [6.45, 7) is -0.0381. The zero-order valence-electron chi connectivity index (χ0n) is 14.3. The quantitative estimate of drug-likeness (QED) is 0.780. The van der Waals surface area contributed by atoms with Gasteiger partial charge in [0.25, 0.3) is 0 Å². The highest BCUT2D eigenvalue weighted by Gasteiger charge is 2.38. The summed E-state index contributed by atoms with van der Waals surface area (Å²) < 4.78 is 68.5. The van der Waals surface area contributed by atoms with Gasteiger partial charge in [-0.25, -0.2) is 13.4 Å². The van der Waals surface area contributed by atoms with Crippen LogP contribution in [-0.2, 0) is 14.8 Å². The number of aromatic nitrogens is 1. The fraction of sp³-hybridized carbons (Fsp3) is 0.375. The van der Waals surface area contributed by atoms with E-state index >= 15 is 0 Å². The van der Waals surface area contributed by atoms with Crippen molar-refractivity contribution in [3.63, 3.8) is 0 Å². The van der Waals surface area contributed by atoms with Crippen molar-refractivity contribution in [3.8, 4) is 5.75 Å². The van der Waals surface area contributed by atoms with E-state index in [2.05, 4.69) is 15.0 Å². The Morgan fingerprint density at radius 1 is 1.32 bits per heavy atom. The van der Waals surface area contributed by atoms with E-state index in [-0.39, 0.29) is 19.0 Å². The van der Waals surface area contributed by atoms with Crippen molar-refractivity contribution < 1.29 is 31.1 Å². The third-order valence-electron chi connectivity index (χ3n) is 4.11. The monoisotopic (exact) mass is 435 g/mol. The number of sulfonamides is 1. The second kappa shape index (κ2) is 8.05. The van der Waals surface area contributed by atoms with Gasteiger partial charge in [-0.15, -0.1) is 24.5 Å². The number of carbonyl (C=O) groups excluding carboxylic acids is 1. The summed E-state index contributed by atoms with van der Waals surface area (Å²) in [5.74, 6) is -1.82. The van der Waals surface area contributed by atoms with Crippen LogP contribution in [0.1, 0.15) is 12.8 Å². The number of rotatable bonds is 5. The molecule has 1 amide bonds. The summed E-state index contributed by atoms with van der Waals surface area (Å²) in [7, 11) is -4.28. The van der Waals surface area contributed by atoms with Crippen molar-refractivity contribution in [2.75, 3.05) is 18.4 Å². The predicted octanol–water partition coefficient (Wildman–Crippen LogP) is 3.08. The molecule has 1 N–H and O–H groups in total. The Bertz CT molecular complexity index is 933. The molecule has 1 unspecified atom stereocenters. The number of benzene rings is 1. The minimum Gasteiger partial charge on any atom is -0.404 e. The van der Waals surface area contributed by atoms with Gasteiger partial charge in [-0.3, -0.25) is 4.79 Å². The van der Waals surface area contributed by atoms with Gasteiger partial charge >= 0.3 is 6.36 Å². The van der Waals surface area contributed by atoms with Crippen molar-refractivity contribution >= 4 is 32.4 Å². The van der Waals surface area contributed by atoms with Crippen LogP contribution in [-0.4, -0.2) is 43.1 Å². The number of ether oxygens (including phenoxy) is 1. The second-order valence-electron chi connectivity index (χ2n) is 6.02. The van der Waals surface area contributed by atoms with E-state index in [9.17, 15) is 26.4 Å². The summed E-state index contributed by atoms with van der Waals surface area (Å²) in [4.78, 5) is 15.7. The molecule has 1 atom stereocenters. The maximum absolute atomic E-state index is 12.9. The molecule has 28 heavy (non-hydrogen) atoms. The molecule has 2 aromatic rings. The first-order valence-corrected chi connectivity index (χ1v) is 10.5. The number of amides is 1. The molecule has 0 bridgehead atoms. The summed E-state index contributed by atoms with van der Waals surface area (Å²) in [5.41, 5.74) is 0. The topological polar surface area (TPSA) is 88.6 Å². The van der Waals surface area contributed by atoms with Gasteiger partial charge in [0, 0.05) is 24.7 Å². The van der Waals surface area contributed by atoms with E-state index in [1.54, 1.807) is 5.38 Å². The van der Waals surface area contributed by atoms with Crippen LogP contribution in [0, 0.1) is 5.92 Å². The average Bonchev–Trinajstić information content (AvgIpc) is 3.14. The van der Waals surface area contributed by atoms with Gasteiger partial charge in [-0.1, -0.05) is 12.1 Å². The van der Waals surface area contributed by atoms with E-state index in [0.29, 0.717) is 18.0 Å². The van der Waals surface area contributed by atoms with Gasteiger partial charge in [0.05, 0.1) is 5.92 Å². The van der Waals surface area contributed by atoms with Crippen LogP contribution in [0.5, 0.6) is 5.75 Å². The molecule has 7 nitrogen and oxygen atoms in total. The van der Waals surface area contributed by atoms with Crippen LogP contribution in [0.4, 0.5) is 18.3 Å². The molecular formula is C16H16F3N3O4S2. The Morgan fingerprint density at radius 3 is 2.75 bits per heavy atom. The number of alkyl halides is 3. The molecule has 0 aliphatic carbocycles. The molecule has 2 heterocycles. The smallest absolute Gasteiger partial charge is 0.404 e. The van der Waals surface area contributed by atoms with E-state index in [4.69, 9.17) is 0 Å². The molecule has 1 fully saturated rings. The lowest BCUT2D eigenvalue weighted by atomic mass is 9.99. The normalized spacial score (nSPS) is 18.6. The first kappa shape index (κ1) is 20.6. The number of nitrogens with zero attached hydrogens (tertiary/aromatic N) is 2. The third-order valence-corrected chi connectivity index (χ3v) is 6.70. The summed E-state index contributed by atoms with van der Waals surface area (Å²) in [5, 5.41) is 4.70. The molecule has 1 aromatic heterocycles. The summed E-state index contributed by atoms with van der Waals surface area (Å²) in [6, 6.07) is 4.56.